The standard InChI is InChI=1S/C12H21N3O6S/c1-12(2,3)21-10(16)14-5-4-9(8-14)13-22(18,19)15-6-7-20-11(15)17/h9,13H,4-8H2,1-3H3/t9-/m0/s1. The first-order chi connectivity index (χ1) is 10.1. The van der Waals surface area contributed by atoms with Gasteiger partial charge >= 0.3 is 22.4 Å². The molecule has 1 N–H and O–H groups in total. The van der Waals surface area contributed by atoms with E-state index in [1.807, 2.05) is 0 Å². The topological polar surface area (TPSA) is 105 Å². The lowest BCUT2D eigenvalue weighted by Crippen LogP contribution is -2.47. The molecule has 2 aliphatic heterocycles. The number of cyclic esters (lactones) is 1. The molecule has 0 aliphatic carbocycles. The quantitative estimate of drug-likeness (QED) is 0.794. The number of amides is 2. The van der Waals surface area contributed by atoms with Crippen LogP contribution in [0.1, 0.15) is 27.2 Å². The van der Waals surface area contributed by atoms with Crippen LogP contribution in [0.4, 0.5) is 9.59 Å². The van der Waals surface area contributed by atoms with Gasteiger partial charge in [-0.3, -0.25) is 0 Å². The van der Waals surface area contributed by atoms with Crippen molar-refractivity contribution >= 4 is 22.4 Å². The number of carbonyl (C=O) groups excluding carboxylic acids is 2. The fraction of sp³-hybridized carbons (Fsp3) is 0.833. The number of rotatable bonds is 3. The summed E-state index contributed by atoms with van der Waals surface area (Å²) in [5.41, 5.74) is -0.603. The van der Waals surface area contributed by atoms with Crippen LogP contribution in [-0.4, -0.2) is 67.7 Å². The predicted molar refractivity (Wildman–Crippen MR) is 76.3 cm³/mol. The highest BCUT2D eigenvalue weighted by Gasteiger charge is 2.37. The van der Waals surface area contributed by atoms with E-state index in [9.17, 15) is 18.0 Å². The van der Waals surface area contributed by atoms with Gasteiger partial charge in [-0.2, -0.15) is 17.4 Å². The van der Waals surface area contributed by atoms with Crippen molar-refractivity contribution in [3.05, 3.63) is 0 Å². The minimum atomic E-state index is -3.95. The molecule has 2 heterocycles. The summed E-state index contributed by atoms with van der Waals surface area (Å²) in [4.78, 5) is 24.7. The van der Waals surface area contributed by atoms with Gasteiger partial charge in [0.25, 0.3) is 0 Å². The summed E-state index contributed by atoms with van der Waals surface area (Å²) in [6.45, 7) is 5.94. The van der Waals surface area contributed by atoms with Crippen molar-refractivity contribution in [2.24, 2.45) is 0 Å². The third kappa shape index (κ3) is 4.01. The minimum absolute atomic E-state index is 0.00331. The fourth-order valence-corrected chi connectivity index (χ4v) is 3.53. The van der Waals surface area contributed by atoms with Gasteiger partial charge in [0.2, 0.25) is 0 Å². The van der Waals surface area contributed by atoms with Gasteiger partial charge in [0.1, 0.15) is 12.2 Å². The summed E-state index contributed by atoms with van der Waals surface area (Å²) >= 11 is 0. The molecule has 2 saturated heterocycles. The molecule has 2 rings (SSSR count). The lowest BCUT2D eigenvalue weighted by Gasteiger charge is -2.24. The van der Waals surface area contributed by atoms with Gasteiger partial charge in [-0.25, -0.2) is 9.59 Å². The van der Waals surface area contributed by atoms with Crippen molar-refractivity contribution in [2.75, 3.05) is 26.2 Å². The fourth-order valence-electron chi connectivity index (χ4n) is 2.22. The largest absolute Gasteiger partial charge is 0.447 e. The van der Waals surface area contributed by atoms with Gasteiger partial charge in [-0.05, 0) is 27.2 Å². The van der Waals surface area contributed by atoms with Gasteiger partial charge in [0, 0.05) is 19.1 Å². The molecule has 0 aromatic heterocycles. The Morgan fingerprint density at radius 2 is 2.05 bits per heavy atom. The molecule has 10 heteroatoms. The molecule has 0 unspecified atom stereocenters. The van der Waals surface area contributed by atoms with Crippen LogP contribution >= 0.6 is 0 Å². The Labute approximate surface area is 129 Å². The number of ether oxygens (including phenoxy) is 2. The van der Waals surface area contributed by atoms with Crippen molar-refractivity contribution in [1.82, 2.24) is 13.9 Å². The van der Waals surface area contributed by atoms with E-state index < -0.39 is 34.0 Å². The van der Waals surface area contributed by atoms with Crippen LogP contribution in [-0.2, 0) is 19.7 Å². The molecule has 0 aromatic carbocycles. The lowest BCUT2D eigenvalue weighted by atomic mass is 10.2. The second-order valence-electron chi connectivity index (χ2n) is 6.22. The molecule has 2 aliphatic rings. The van der Waals surface area contributed by atoms with E-state index in [4.69, 9.17) is 4.74 Å². The number of likely N-dealkylation sites (tertiary alicyclic amines) is 1. The molecule has 0 spiro atoms. The van der Waals surface area contributed by atoms with E-state index in [0.717, 1.165) is 0 Å². The molecule has 1 atom stereocenters. The summed E-state index contributed by atoms with van der Waals surface area (Å²) < 4.78 is 37.1. The maximum absolute atomic E-state index is 12.1. The Hall–Kier alpha value is -1.55. The van der Waals surface area contributed by atoms with Crippen LogP contribution in [0.2, 0.25) is 0 Å². The van der Waals surface area contributed by atoms with Gasteiger partial charge in [0.15, 0.2) is 0 Å². The average Bonchev–Trinajstić information content (AvgIpc) is 2.95. The number of carbonyl (C=O) groups is 2. The molecule has 0 saturated carbocycles. The molecule has 2 fully saturated rings. The highest BCUT2D eigenvalue weighted by Crippen LogP contribution is 2.17. The van der Waals surface area contributed by atoms with Crippen LogP contribution in [0.5, 0.6) is 0 Å². The van der Waals surface area contributed by atoms with E-state index in [1.54, 1.807) is 20.8 Å². The SMILES string of the molecule is CC(C)(C)OC(=O)N1CC[C@H](NS(=O)(=O)N2CCOC2=O)C1. The van der Waals surface area contributed by atoms with Crippen molar-refractivity contribution in [3.8, 4) is 0 Å². The van der Waals surface area contributed by atoms with E-state index in [0.29, 0.717) is 17.3 Å². The Morgan fingerprint density at radius 1 is 1.36 bits per heavy atom. The average molecular weight is 335 g/mol. The zero-order chi connectivity index (χ0) is 16.5. The number of nitrogens with zero attached hydrogens (tertiary/aromatic N) is 2. The molecular weight excluding hydrogens is 314 g/mol. The van der Waals surface area contributed by atoms with E-state index in [2.05, 4.69) is 9.46 Å². The number of hydrogen-bond donors (Lipinski definition) is 1. The van der Waals surface area contributed by atoms with E-state index in [1.165, 1.54) is 4.90 Å². The maximum Gasteiger partial charge on any atom is 0.424 e. The molecule has 22 heavy (non-hydrogen) atoms. The van der Waals surface area contributed by atoms with E-state index >= 15 is 0 Å². The molecule has 0 radical (unpaired) electrons. The Kier molecular flexibility index (Phi) is 4.52. The van der Waals surface area contributed by atoms with Gasteiger partial charge in [-0.15, -0.1) is 0 Å². The highest BCUT2D eigenvalue weighted by molar-refractivity contribution is 7.87. The number of nitrogens with one attached hydrogen (secondary N) is 1. The molecule has 126 valence electrons. The first kappa shape index (κ1) is 16.8. The lowest BCUT2D eigenvalue weighted by molar-refractivity contribution is 0.0291. The van der Waals surface area contributed by atoms with Crippen LogP contribution in [0, 0.1) is 0 Å². The third-order valence-corrected chi connectivity index (χ3v) is 4.71. The first-order valence-corrected chi connectivity index (χ1v) is 8.47. The van der Waals surface area contributed by atoms with Gasteiger partial charge < -0.3 is 14.4 Å². The Morgan fingerprint density at radius 3 is 2.59 bits per heavy atom. The zero-order valence-corrected chi connectivity index (χ0v) is 13.7. The third-order valence-electron chi connectivity index (χ3n) is 3.17. The second-order valence-corrected chi connectivity index (χ2v) is 7.85. The van der Waals surface area contributed by atoms with Crippen molar-refractivity contribution in [3.63, 3.8) is 0 Å². The van der Waals surface area contributed by atoms with Gasteiger partial charge in [-0.1, -0.05) is 0 Å². The molecule has 2 amide bonds. The van der Waals surface area contributed by atoms with Crippen LogP contribution < -0.4 is 4.72 Å². The number of hydrogen-bond acceptors (Lipinski definition) is 6. The van der Waals surface area contributed by atoms with Gasteiger partial charge in [0.05, 0.1) is 6.54 Å². The Balaban J connectivity index is 1.91. The molecule has 0 aromatic rings. The molecular formula is C12H21N3O6S. The molecule has 0 bridgehead atoms. The summed E-state index contributed by atoms with van der Waals surface area (Å²) in [5.74, 6) is 0. The summed E-state index contributed by atoms with van der Waals surface area (Å²) in [5, 5.41) is 0. The Bertz CT molecular complexity index is 556. The second kappa shape index (κ2) is 5.92. The smallest absolute Gasteiger partial charge is 0.424 e. The maximum atomic E-state index is 12.1. The normalized spacial score (nSPS) is 22.9. The van der Waals surface area contributed by atoms with Crippen molar-refractivity contribution in [1.29, 1.82) is 0 Å². The summed E-state index contributed by atoms with van der Waals surface area (Å²) in [7, 11) is -3.95. The minimum Gasteiger partial charge on any atom is -0.447 e. The van der Waals surface area contributed by atoms with Crippen molar-refractivity contribution < 1.29 is 27.5 Å². The predicted octanol–water partition coefficient (Wildman–Crippen LogP) is 0.282. The van der Waals surface area contributed by atoms with E-state index in [-0.39, 0.29) is 19.7 Å². The van der Waals surface area contributed by atoms with Crippen molar-refractivity contribution in [2.45, 2.75) is 38.8 Å². The van der Waals surface area contributed by atoms with Crippen LogP contribution in [0.25, 0.3) is 0 Å². The first-order valence-electron chi connectivity index (χ1n) is 7.03. The summed E-state index contributed by atoms with van der Waals surface area (Å²) in [6, 6.07) is -0.453. The molecule has 9 nitrogen and oxygen atoms in total. The van der Waals surface area contributed by atoms with Crippen LogP contribution in [0.3, 0.4) is 0 Å². The summed E-state index contributed by atoms with van der Waals surface area (Å²) in [6.07, 6.45) is -0.897. The monoisotopic (exact) mass is 335 g/mol. The zero-order valence-electron chi connectivity index (χ0n) is 12.9. The highest BCUT2D eigenvalue weighted by atomic mass is 32.2. The van der Waals surface area contributed by atoms with Crippen LogP contribution in [0.15, 0.2) is 0 Å².